The van der Waals surface area contributed by atoms with Crippen molar-refractivity contribution >= 4 is 11.6 Å². The summed E-state index contributed by atoms with van der Waals surface area (Å²) in [6.45, 7) is 0. The van der Waals surface area contributed by atoms with E-state index in [-0.39, 0.29) is 6.04 Å². The van der Waals surface area contributed by atoms with Crippen LogP contribution in [0.15, 0.2) is 78.6 Å². The molecule has 0 fully saturated rings. The number of rotatable bonds is 5. The van der Waals surface area contributed by atoms with Crippen LogP contribution in [0.25, 0.3) is 5.70 Å². The molecule has 0 saturated heterocycles. The highest BCUT2D eigenvalue weighted by atomic mass is 16.5. The zero-order valence-electron chi connectivity index (χ0n) is 19.6. The lowest BCUT2D eigenvalue weighted by Gasteiger charge is -2.39. The van der Waals surface area contributed by atoms with Crippen LogP contribution in [0.5, 0.6) is 23.0 Å². The fraction of sp³-hybridized carbons (Fsp3) is 0.185. The highest BCUT2D eigenvalue weighted by Gasteiger charge is 2.41. The SMILES string of the molecule is COc1ccc([C@@H]2C3=C(Nc4ncnn42)c2ccccc2O[C@@H]3c2ccc(OC)cc2OC)cc1. The molecule has 0 amide bonds. The van der Waals surface area contributed by atoms with Crippen molar-refractivity contribution in [3.63, 3.8) is 0 Å². The zero-order valence-corrected chi connectivity index (χ0v) is 19.6. The van der Waals surface area contributed by atoms with E-state index in [4.69, 9.17) is 18.9 Å². The summed E-state index contributed by atoms with van der Waals surface area (Å²) >= 11 is 0. The summed E-state index contributed by atoms with van der Waals surface area (Å²) < 4.78 is 25.2. The normalized spacial score (nSPS) is 17.9. The molecule has 176 valence electrons. The molecular formula is C27H24N4O4. The van der Waals surface area contributed by atoms with E-state index in [1.807, 2.05) is 65.3 Å². The van der Waals surface area contributed by atoms with Crippen molar-refractivity contribution in [2.75, 3.05) is 26.6 Å². The van der Waals surface area contributed by atoms with Gasteiger partial charge in [0.05, 0.1) is 27.0 Å². The molecule has 0 bridgehead atoms. The molecule has 4 aromatic rings. The van der Waals surface area contributed by atoms with E-state index in [0.29, 0.717) is 17.4 Å². The summed E-state index contributed by atoms with van der Waals surface area (Å²) in [6, 6.07) is 21.5. The van der Waals surface area contributed by atoms with Gasteiger partial charge in [-0.2, -0.15) is 10.1 Å². The van der Waals surface area contributed by atoms with Gasteiger partial charge >= 0.3 is 0 Å². The molecule has 8 nitrogen and oxygen atoms in total. The molecule has 0 spiro atoms. The number of aromatic nitrogens is 3. The molecule has 0 unspecified atom stereocenters. The van der Waals surface area contributed by atoms with Crippen molar-refractivity contribution in [3.05, 3.63) is 95.3 Å². The summed E-state index contributed by atoms with van der Waals surface area (Å²) in [4.78, 5) is 4.48. The van der Waals surface area contributed by atoms with E-state index in [1.54, 1.807) is 27.7 Å². The number of nitrogens with zero attached hydrogens (tertiary/aromatic N) is 3. The van der Waals surface area contributed by atoms with Gasteiger partial charge in [-0.25, -0.2) is 4.68 Å². The van der Waals surface area contributed by atoms with E-state index in [9.17, 15) is 0 Å². The second-order valence-corrected chi connectivity index (χ2v) is 8.26. The first-order valence-electron chi connectivity index (χ1n) is 11.2. The van der Waals surface area contributed by atoms with Gasteiger partial charge in [0.15, 0.2) is 6.10 Å². The third-order valence-electron chi connectivity index (χ3n) is 6.48. The number of benzene rings is 3. The highest BCUT2D eigenvalue weighted by molar-refractivity contribution is 5.85. The van der Waals surface area contributed by atoms with Crippen LogP contribution in [0, 0.1) is 0 Å². The number of anilines is 1. The van der Waals surface area contributed by atoms with Crippen LogP contribution in [0.4, 0.5) is 5.95 Å². The van der Waals surface area contributed by atoms with Crippen molar-refractivity contribution < 1.29 is 18.9 Å². The molecule has 0 radical (unpaired) electrons. The Morgan fingerprint density at radius 2 is 1.66 bits per heavy atom. The molecule has 2 aliphatic rings. The third kappa shape index (κ3) is 3.37. The van der Waals surface area contributed by atoms with Gasteiger partial charge in [-0.1, -0.05) is 24.3 Å². The molecule has 1 aromatic heterocycles. The minimum atomic E-state index is -0.447. The van der Waals surface area contributed by atoms with Crippen molar-refractivity contribution in [1.29, 1.82) is 0 Å². The predicted molar refractivity (Wildman–Crippen MR) is 131 cm³/mol. The third-order valence-corrected chi connectivity index (χ3v) is 6.48. The molecule has 2 atom stereocenters. The van der Waals surface area contributed by atoms with Gasteiger partial charge in [-0.15, -0.1) is 0 Å². The molecule has 8 heteroatoms. The average molecular weight is 469 g/mol. The predicted octanol–water partition coefficient (Wildman–Crippen LogP) is 4.86. The van der Waals surface area contributed by atoms with Crippen molar-refractivity contribution in [2.24, 2.45) is 0 Å². The van der Waals surface area contributed by atoms with Gasteiger partial charge in [0.1, 0.15) is 35.4 Å². The minimum Gasteiger partial charge on any atom is -0.497 e. The Labute approximate surface area is 202 Å². The fourth-order valence-corrected chi connectivity index (χ4v) is 4.82. The van der Waals surface area contributed by atoms with Gasteiger partial charge in [0.2, 0.25) is 5.95 Å². The van der Waals surface area contributed by atoms with Crippen LogP contribution in [0.1, 0.15) is 28.8 Å². The lowest BCUT2D eigenvalue weighted by Crippen LogP contribution is -2.32. The summed E-state index contributed by atoms with van der Waals surface area (Å²) in [6.07, 6.45) is 1.12. The lowest BCUT2D eigenvalue weighted by molar-refractivity contribution is 0.217. The Kier molecular flexibility index (Phi) is 5.06. The topological polar surface area (TPSA) is 79.7 Å². The monoisotopic (exact) mass is 468 g/mol. The fourth-order valence-electron chi connectivity index (χ4n) is 4.82. The lowest BCUT2D eigenvalue weighted by atomic mass is 9.84. The Bertz CT molecular complexity index is 1430. The van der Waals surface area contributed by atoms with Gasteiger partial charge in [0.25, 0.3) is 0 Å². The van der Waals surface area contributed by atoms with E-state index < -0.39 is 6.10 Å². The van der Waals surface area contributed by atoms with Gasteiger partial charge in [0, 0.05) is 22.8 Å². The van der Waals surface area contributed by atoms with Crippen LogP contribution in [-0.2, 0) is 0 Å². The summed E-state index contributed by atoms with van der Waals surface area (Å²) in [5, 5.41) is 8.09. The largest absolute Gasteiger partial charge is 0.497 e. The molecule has 2 aliphatic heterocycles. The Hall–Kier alpha value is -4.46. The number of ether oxygens (including phenoxy) is 4. The number of methoxy groups -OCH3 is 3. The molecule has 3 heterocycles. The number of fused-ring (bicyclic) bond motifs is 3. The summed E-state index contributed by atoms with van der Waals surface area (Å²) in [5.74, 6) is 3.63. The van der Waals surface area contributed by atoms with Gasteiger partial charge in [-0.05, 0) is 42.0 Å². The quantitative estimate of drug-likeness (QED) is 0.448. The van der Waals surface area contributed by atoms with Gasteiger partial charge in [-0.3, -0.25) is 0 Å². The Morgan fingerprint density at radius 3 is 2.43 bits per heavy atom. The molecule has 1 N–H and O–H groups in total. The van der Waals surface area contributed by atoms with E-state index in [0.717, 1.165) is 39.5 Å². The van der Waals surface area contributed by atoms with Crippen molar-refractivity contribution in [2.45, 2.75) is 12.1 Å². The molecule has 6 rings (SSSR count). The highest BCUT2D eigenvalue weighted by Crippen LogP contribution is 2.52. The van der Waals surface area contributed by atoms with E-state index >= 15 is 0 Å². The summed E-state index contributed by atoms with van der Waals surface area (Å²) in [5.41, 5.74) is 4.86. The zero-order chi connectivity index (χ0) is 23.9. The number of hydrogen-bond acceptors (Lipinski definition) is 7. The maximum Gasteiger partial charge on any atom is 0.226 e. The van der Waals surface area contributed by atoms with Gasteiger partial charge < -0.3 is 24.3 Å². The van der Waals surface area contributed by atoms with Crippen molar-refractivity contribution in [1.82, 2.24) is 14.8 Å². The second kappa shape index (κ2) is 8.39. The number of nitrogens with one attached hydrogen (secondary N) is 1. The van der Waals surface area contributed by atoms with Crippen LogP contribution < -0.4 is 24.3 Å². The first-order valence-corrected chi connectivity index (χ1v) is 11.2. The number of para-hydroxylation sites is 1. The maximum atomic E-state index is 6.69. The number of hydrogen-bond donors (Lipinski definition) is 1. The first-order chi connectivity index (χ1) is 17.2. The smallest absolute Gasteiger partial charge is 0.226 e. The molecular weight excluding hydrogens is 444 g/mol. The minimum absolute atomic E-state index is 0.264. The molecule has 0 saturated carbocycles. The van der Waals surface area contributed by atoms with Crippen LogP contribution in [0.2, 0.25) is 0 Å². The standard InChI is InChI=1S/C27H24N4O4/c1-32-17-10-8-16(9-11-17)25-23-24(30-27-28-15-29-31(25)27)19-6-4-5-7-21(19)35-26(23)20-13-12-18(33-2)14-22(20)34-3/h4-15,25-26H,1-3H3,(H,28,29,30)/t25-,26-/m1/s1. The van der Waals surface area contributed by atoms with E-state index in [2.05, 4.69) is 21.5 Å². The van der Waals surface area contributed by atoms with Crippen LogP contribution in [0.3, 0.4) is 0 Å². The first kappa shape index (κ1) is 21.1. The Balaban J connectivity index is 1.60. The summed E-state index contributed by atoms with van der Waals surface area (Å²) in [7, 11) is 4.95. The van der Waals surface area contributed by atoms with E-state index in [1.165, 1.54) is 0 Å². The average Bonchev–Trinajstić information content (AvgIpc) is 3.39. The molecule has 3 aromatic carbocycles. The second-order valence-electron chi connectivity index (χ2n) is 8.26. The van der Waals surface area contributed by atoms with Crippen molar-refractivity contribution in [3.8, 4) is 23.0 Å². The van der Waals surface area contributed by atoms with Crippen LogP contribution in [-0.4, -0.2) is 36.1 Å². The molecule has 0 aliphatic carbocycles. The molecule has 35 heavy (non-hydrogen) atoms. The van der Waals surface area contributed by atoms with Crippen LogP contribution >= 0.6 is 0 Å². The maximum absolute atomic E-state index is 6.69. The Morgan fingerprint density at radius 1 is 0.886 bits per heavy atom.